The van der Waals surface area contributed by atoms with E-state index in [4.69, 9.17) is 5.11 Å². The Labute approximate surface area is 113 Å². The monoisotopic (exact) mass is 282 g/mol. The highest BCUT2D eigenvalue weighted by molar-refractivity contribution is 7.92. The summed E-state index contributed by atoms with van der Waals surface area (Å²) in [5.74, 6) is -0.914. The molecular weight excluding hydrogens is 264 g/mol. The molecule has 1 N–H and O–H groups in total. The van der Waals surface area contributed by atoms with Gasteiger partial charge < -0.3 is 5.11 Å². The van der Waals surface area contributed by atoms with Gasteiger partial charge in [-0.3, -0.25) is 4.79 Å². The number of hydrogen-bond acceptors (Lipinski definition) is 3. The van der Waals surface area contributed by atoms with E-state index in [1.807, 2.05) is 0 Å². The van der Waals surface area contributed by atoms with Crippen LogP contribution < -0.4 is 0 Å². The number of sulfone groups is 1. The molecule has 4 nitrogen and oxygen atoms in total. The molecule has 0 aliphatic heterocycles. The van der Waals surface area contributed by atoms with E-state index in [-0.39, 0.29) is 11.7 Å². The van der Waals surface area contributed by atoms with Crippen molar-refractivity contribution in [2.45, 2.75) is 48.7 Å². The molecule has 104 valence electrons. The molecule has 0 amide bonds. The Hall–Kier alpha value is -1.36. The van der Waals surface area contributed by atoms with Gasteiger partial charge in [0.2, 0.25) is 0 Å². The number of carboxylic acid groups (broad SMARTS) is 1. The molecule has 0 aromatic heterocycles. The Bertz CT molecular complexity index is 539. The lowest BCUT2D eigenvalue weighted by atomic mass is 10.0. The van der Waals surface area contributed by atoms with Crippen molar-refractivity contribution in [2.75, 3.05) is 0 Å². The first-order chi connectivity index (χ1) is 9.00. The third kappa shape index (κ3) is 3.35. The van der Waals surface area contributed by atoms with Gasteiger partial charge in [-0.15, -0.1) is 0 Å². The third-order valence-corrected chi connectivity index (χ3v) is 5.88. The van der Waals surface area contributed by atoms with Gasteiger partial charge in [-0.2, -0.15) is 0 Å². The summed E-state index contributed by atoms with van der Waals surface area (Å²) >= 11 is 0. The van der Waals surface area contributed by atoms with Crippen LogP contribution in [0.4, 0.5) is 0 Å². The van der Waals surface area contributed by atoms with E-state index < -0.39 is 15.8 Å². The Morgan fingerprint density at radius 3 is 2.21 bits per heavy atom. The first kappa shape index (κ1) is 14.1. The zero-order valence-corrected chi connectivity index (χ0v) is 11.5. The molecule has 5 heteroatoms. The van der Waals surface area contributed by atoms with Gasteiger partial charge in [0.15, 0.2) is 9.84 Å². The number of benzene rings is 1. The maximum Gasteiger partial charge on any atom is 0.307 e. The molecule has 0 saturated heterocycles. The molecule has 2 rings (SSSR count). The van der Waals surface area contributed by atoms with Gasteiger partial charge in [-0.05, 0) is 30.5 Å². The highest BCUT2D eigenvalue weighted by Gasteiger charge is 2.28. The van der Waals surface area contributed by atoms with Crippen LogP contribution in [-0.2, 0) is 21.1 Å². The van der Waals surface area contributed by atoms with Crippen molar-refractivity contribution < 1.29 is 18.3 Å². The maximum atomic E-state index is 12.4. The average molecular weight is 282 g/mol. The van der Waals surface area contributed by atoms with Crippen LogP contribution in [0.25, 0.3) is 0 Å². The predicted octanol–water partition coefficient (Wildman–Crippen LogP) is 2.42. The fraction of sp³-hybridized carbons (Fsp3) is 0.500. The van der Waals surface area contributed by atoms with Crippen molar-refractivity contribution >= 4 is 15.8 Å². The second kappa shape index (κ2) is 5.74. The quantitative estimate of drug-likeness (QED) is 0.920. The fourth-order valence-corrected chi connectivity index (χ4v) is 4.39. The van der Waals surface area contributed by atoms with Crippen LogP contribution in [0.3, 0.4) is 0 Å². The number of aliphatic carboxylic acids is 1. The zero-order valence-electron chi connectivity index (χ0n) is 10.7. The molecular formula is C14H18O4S. The van der Waals surface area contributed by atoms with E-state index in [0.717, 1.165) is 32.1 Å². The van der Waals surface area contributed by atoms with Gasteiger partial charge in [-0.25, -0.2) is 8.42 Å². The minimum atomic E-state index is -3.25. The second-order valence-corrected chi connectivity index (χ2v) is 7.25. The summed E-state index contributed by atoms with van der Waals surface area (Å²) in [4.78, 5) is 10.9. The average Bonchev–Trinajstić information content (AvgIpc) is 2.40. The van der Waals surface area contributed by atoms with Crippen LogP contribution in [0.15, 0.2) is 29.2 Å². The van der Waals surface area contributed by atoms with Gasteiger partial charge in [0.25, 0.3) is 0 Å². The first-order valence-electron chi connectivity index (χ1n) is 6.55. The van der Waals surface area contributed by atoms with Gasteiger partial charge in [0, 0.05) is 0 Å². The Balaban J connectivity index is 2.18. The topological polar surface area (TPSA) is 71.4 Å². The maximum absolute atomic E-state index is 12.4. The van der Waals surface area contributed by atoms with Crippen molar-refractivity contribution in [3.63, 3.8) is 0 Å². The Morgan fingerprint density at radius 2 is 1.68 bits per heavy atom. The van der Waals surface area contributed by atoms with Crippen LogP contribution in [0.1, 0.15) is 37.7 Å². The zero-order chi connectivity index (χ0) is 13.9. The lowest BCUT2D eigenvalue weighted by Gasteiger charge is -2.21. The largest absolute Gasteiger partial charge is 0.481 e. The molecule has 0 spiro atoms. The second-order valence-electron chi connectivity index (χ2n) is 5.02. The molecule has 0 bridgehead atoms. The molecule has 1 aliphatic rings. The van der Waals surface area contributed by atoms with Gasteiger partial charge >= 0.3 is 5.97 Å². The summed E-state index contributed by atoms with van der Waals surface area (Å²) in [6, 6.07) is 6.23. The SMILES string of the molecule is O=C(O)Cc1ccc(S(=O)(=O)C2CCCCC2)cc1. The van der Waals surface area contributed by atoms with Crippen LogP contribution in [0.5, 0.6) is 0 Å². The van der Waals surface area contributed by atoms with Crippen molar-refractivity contribution in [1.82, 2.24) is 0 Å². The van der Waals surface area contributed by atoms with E-state index in [2.05, 4.69) is 0 Å². The highest BCUT2D eigenvalue weighted by Crippen LogP contribution is 2.28. The number of carboxylic acids is 1. The Morgan fingerprint density at radius 1 is 1.11 bits per heavy atom. The lowest BCUT2D eigenvalue weighted by Crippen LogP contribution is -2.24. The summed E-state index contributed by atoms with van der Waals surface area (Å²) in [7, 11) is -3.25. The standard InChI is InChI=1S/C14H18O4S/c15-14(16)10-11-6-8-13(9-7-11)19(17,18)12-4-2-1-3-5-12/h6-9,12H,1-5,10H2,(H,15,16). The molecule has 1 saturated carbocycles. The molecule has 0 unspecified atom stereocenters. The molecule has 19 heavy (non-hydrogen) atoms. The van der Waals surface area contributed by atoms with Gasteiger partial charge in [0.05, 0.1) is 16.6 Å². The molecule has 1 aromatic carbocycles. The van der Waals surface area contributed by atoms with E-state index >= 15 is 0 Å². The normalized spacial score (nSPS) is 17.3. The fourth-order valence-electron chi connectivity index (χ4n) is 2.54. The van der Waals surface area contributed by atoms with Gasteiger partial charge in [0.1, 0.15) is 0 Å². The third-order valence-electron chi connectivity index (χ3n) is 3.60. The first-order valence-corrected chi connectivity index (χ1v) is 8.09. The van der Waals surface area contributed by atoms with Crippen molar-refractivity contribution in [1.29, 1.82) is 0 Å². The molecule has 0 radical (unpaired) electrons. The minimum Gasteiger partial charge on any atom is -0.481 e. The highest BCUT2D eigenvalue weighted by atomic mass is 32.2. The summed E-state index contributed by atoms with van der Waals surface area (Å²) < 4.78 is 24.8. The molecule has 0 heterocycles. The lowest BCUT2D eigenvalue weighted by molar-refractivity contribution is -0.136. The van der Waals surface area contributed by atoms with Crippen LogP contribution in [0, 0.1) is 0 Å². The van der Waals surface area contributed by atoms with Crippen LogP contribution in [-0.4, -0.2) is 24.7 Å². The predicted molar refractivity (Wildman–Crippen MR) is 71.8 cm³/mol. The Kier molecular flexibility index (Phi) is 4.24. The smallest absolute Gasteiger partial charge is 0.307 e. The molecule has 0 atom stereocenters. The van der Waals surface area contributed by atoms with Crippen molar-refractivity contribution in [3.05, 3.63) is 29.8 Å². The number of carbonyl (C=O) groups is 1. The minimum absolute atomic E-state index is 0.0796. The summed E-state index contributed by atoms with van der Waals surface area (Å²) in [5, 5.41) is 8.41. The molecule has 1 fully saturated rings. The summed E-state index contributed by atoms with van der Waals surface area (Å²) in [6.45, 7) is 0. The summed E-state index contributed by atoms with van der Waals surface area (Å²) in [6.07, 6.45) is 4.45. The van der Waals surface area contributed by atoms with Crippen molar-refractivity contribution in [2.24, 2.45) is 0 Å². The molecule has 1 aromatic rings. The van der Waals surface area contributed by atoms with Crippen LogP contribution in [0.2, 0.25) is 0 Å². The number of rotatable bonds is 4. The van der Waals surface area contributed by atoms with E-state index in [0.29, 0.717) is 10.5 Å². The summed E-state index contributed by atoms with van der Waals surface area (Å²) in [5.41, 5.74) is 0.620. The van der Waals surface area contributed by atoms with E-state index in [9.17, 15) is 13.2 Å². The van der Waals surface area contributed by atoms with Crippen molar-refractivity contribution in [3.8, 4) is 0 Å². The number of hydrogen-bond donors (Lipinski definition) is 1. The van der Waals surface area contributed by atoms with E-state index in [1.165, 1.54) is 12.1 Å². The van der Waals surface area contributed by atoms with Gasteiger partial charge in [-0.1, -0.05) is 31.4 Å². The van der Waals surface area contributed by atoms with Crippen LogP contribution >= 0.6 is 0 Å². The van der Waals surface area contributed by atoms with E-state index in [1.54, 1.807) is 12.1 Å². The molecule has 1 aliphatic carbocycles.